The number of azo groups is 1. The van der Waals surface area contributed by atoms with Crippen molar-refractivity contribution in [3.8, 4) is 11.3 Å². The summed E-state index contributed by atoms with van der Waals surface area (Å²) >= 11 is 6.18. The summed E-state index contributed by atoms with van der Waals surface area (Å²) in [4.78, 5) is 16.4. The molecule has 0 bridgehead atoms. The molecule has 0 saturated carbocycles. The van der Waals surface area contributed by atoms with Crippen molar-refractivity contribution in [1.29, 1.82) is 0 Å². The molecule has 23 heavy (non-hydrogen) atoms. The maximum Gasteiger partial charge on any atom is 0.301 e. The Hall–Kier alpha value is -2.36. The Morgan fingerprint density at radius 2 is 2.04 bits per heavy atom. The van der Waals surface area contributed by atoms with Crippen LogP contribution in [0.1, 0.15) is 0 Å². The van der Waals surface area contributed by atoms with Gasteiger partial charge in [0.1, 0.15) is 0 Å². The number of hydrogen-bond acceptors (Lipinski definition) is 6. The molecule has 7 nitrogen and oxygen atoms in total. The number of benzene rings is 1. The fourth-order valence-electron chi connectivity index (χ4n) is 1.84. The minimum absolute atomic E-state index is 0. The second-order valence-electron chi connectivity index (χ2n) is 4.19. The van der Waals surface area contributed by atoms with Crippen LogP contribution >= 0.6 is 36.0 Å². The van der Waals surface area contributed by atoms with Gasteiger partial charge in [0.2, 0.25) is 5.13 Å². The molecule has 0 saturated heterocycles. The van der Waals surface area contributed by atoms with Crippen molar-refractivity contribution in [2.24, 2.45) is 16.0 Å². The highest BCUT2D eigenvalue weighted by Crippen LogP contribution is 2.27. The van der Waals surface area contributed by atoms with Crippen molar-refractivity contribution in [3.63, 3.8) is 0 Å². The molecule has 118 valence electrons. The van der Waals surface area contributed by atoms with Gasteiger partial charge in [-0.2, -0.15) is 4.68 Å². The summed E-state index contributed by atoms with van der Waals surface area (Å²) in [7, 11) is 0. The van der Waals surface area contributed by atoms with E-state index >= 15 is 0 Å². The number of nitrogens with one attached hydrogen (secondary N) is 1. The Kier molecular flexibility index (Phi) is 5.37. The van der Waals surface area contributed by atoms with Gasteiger partial charge in [0.15, 0.2) is 10.8 Å². The molecular weight excluding hydrogens is 356 g/mol. The molecule has 3 rings (SSSR count). The van der Waals surface area contributed by atoms with Crippen molar-refractivity contribution in [2.45, 2.75) is 0 Å². The fraction of sp³-hybridized carbons (Fsp3) is 0. The van der Waals surface area contributed by atoms with E-state index in [-0.39, 0.29) is 23.2 Å². The number of aromatic nitrogens is 3. The molecule has 0 radical (unpaired) electrons. The van der Waals surface area contributed by atoms with Crippen molar-refractivity contribution in [1.82, 2.24) is 14.8 Å². The zero-order chi connectivity index (χ0) is 15.5. The molecule has 0 fully saturated rings. The van der Waals surface area contributed by atoms with E-state index in [2.05, 4.69) is 20.3 Å². The minimum Gasteiger partial charge on any atom is -0.374 e. The van der Waals surface area contributed by atoms with Crippen LogP contribution in [0.5, 0.6) is 0 Å². The van der Waals surface area contributed by atoms with E-state index in [1.54, 1.807) is 11.6 Å². The second-order valence-corrected chi connectivity index (χ2v) is 5.49. The van der Waals surface area contributed by atoms with Gasteiger partial charge in [0.05, 0.1) is 5.69 Å². The first-order valence-electron chi connectivity index (χ1n) is 6.18. The summed E-state index contributed by atoms with van der Waals surface area (Å²) in [5.74, 6) is 0. The number of rotatable bonds is 3. The Balaban J connectivity index is 0.00000192. The molecule has 0 aliphatic rings. The van der Waals surface area contributed by atoms with Gasteiger partial charge in [-0.05, 0) is 12.2 Å². The summed E-state index contributed by atoms with van der Waals surface area (Å²) < 4.78 is 1.06. The van der Waals surface area contributed by atoms with Crippen LogP contribution in [-0.4, -0.2) is 19.9 Å². The number of H-pyrrole nitrogens is 1. The SMILES string of the molecule is Cl.NC(=S)n1[nH]c(-c2ccccc2)c(N=Nc2nccs2)c1=O. The van der Waals surface area contributed by atoms with E-state index in [1.165, 1.54) is 11.3 Å². The van der Waals surface area contributed by atoms with E-state index in [1.807, 2.05) is 30.3 Å². The van der Waals surface area contributed by atoms with Crippen LogP contribution in [-0.2, 0) is 0 Å². The van der Waals surface area contributed by atoms with Crippen molar-refractivity contribution >= 4 is 51.9 Å². The Morgan fingerprint density at radius 3 is 2.65 bits per heavy atom. The van der Waals surface area contributed by atoms with Crippen LogP contribution in [0.4, 0.5) is 10.8 Å². The summed E-state index contributed by atoms with van der Waals surface area (Å²) in [6.07, 6.45) is 1.61. The van der Waals surface area contributed by atoms with Crippen molar-refractivity contribution < 1.29 is 0 Å². The molecule has 2 aromatic heterocycles. The van der Waals surface area contributed by atoms with Gasteiger partial charge in [0.25, 0.3) is 0 Å². The maximum atomic E-state index is 12.4. The first-order valence-corrected chi connectivity index (χ1v) is 7.47. The number of hydrogen-bond donors (Lipinski definition) is 2. The average molecular weight is 367 g/mol. The van der Waals surface area contributed by atoms with Crippen LogP contribution in [0.3, 0.4) is 0 Å². The highest BCUT2D eigenvalue weighted by molar-refractivity contribution is 7.80. The first-order chi connectivity index (χ1) is 10.7. The second kappa shape index (κ2) is 7.27. The van der Waals surface area contributed by atoms with Gasteiger partial charge in [-0.25, -0.2) is 4.98 Å². The summed E-state index contributed by atoms with van der Waals surface area (Å²) in [5, 5.41) is 13.0. The highest BCUT2D eigenvalue weighted by Gasteiger charge is 2.17. The summed E-state index contributed by atoms with van der Waals surface area (Å²) in [6, 6.07) is 9.28. The van der Waals surface area contributed by atoms with Gasteiger partial charge < -0.3 is 5.73 Å². The molecule has 0 atom stereocenters. The predicted octanol–water partition coefficient (Wildman–Crippen LogP) is 3.23. The molecule has 0 amide bonds. The predicted molar refractivity (Wildman–Crippen MR) is 96.2 cm³/mol. The smallest absolute Gasteiger partial charge is 0.301 e. The third-order valence-corrected chi connectivity index (χ3v) is 3.64. The molecule has 0 aliphatic carbocycles. The van der Waals surface area contributed by atoms with E-state index in [4.69, 9.17) is 18.0 Å². The Bertz CT molecular complexity index is 885. The molecule has 3 aromatic rings. The lowest BCUT2D eigenvalue weighted by atomic mass is 10.1. The molecular formula is C13H11ClN6OS2. The molecule has 0 aliphatic heterocycles. The lowest BCUT2D eigenvalue weighted by molar-refractivity contribution is 0.910. The summed E-state index contributed by atoms with van der Waals surface area (Å²) in [5.41, 5.74) is 6.51. The molecule has 0 spiro atoms. The van der Waals surface area contributed by atoms with Crippen LogP contribution in [0.25, 0.3) is 11.3 Å². The Morgan fingerprint density at radius 1 is 1.30 bits per heavy atom. The monoisotopic (exact) mass is 366 g/mol. The standard InChI is InChI=1S/C13H10N6OS2.ClH/c14-12(21)19-11(20)10(16-17-13-15-6-7-22-13)9(18-19)8-4-2-1-3-5-8;/h1-7,18H,(H2,14,21);1H. The lowest BCUT2D eigenvalue weighted by Crippen LogP contribution is -2.29. The zero-order valence-electron chi connectivity index (χ0n) is 11.5. The molecule has 0 unspecified atom stereocenters. The number of thiocarbonyl (C=S) groups is 1. The number of nitrogens with two attached hydrogens (primary N) is 1. The van der Waals surface area contributed by atoms with E-state index in [0.717, 1.165) is 10.2 Å². The highest BCUT2D eigenvalue weighted by atomic mass is 35.5. The fourth-order valence-corrected chi connectivity index (χ4v) is 2.42. The topological polar surface area (TPSA) is 101 Å². The quantitative estimate of drug-likeness (QED) is 0.548. The van der Waals surface area contributed by atoms with Crippen LogP contribution in [0, 0.1) is 0 Å². The largest absolute Gasteiger partial charge is 0.374 e. The van der Waals surface area contributed by atoms with Gasteiger partial charge >= 0.3 is 5.56 Å². The number of halogens is 1. The van der Waals surface area contributed by atoms with Crippen molar-refractivity contribution in [3.05, 3.63) is 52.3 Å². The molecule has 3 N–H and O–H groups in total. The van der Waals surface area contributed by atoms with Crippen LogP contribution in [0.15, 0.2) is 56.9 Å². The summed E-state index contributed by atoms with van der Waals surface area (Å²) in [6.45, 7) is 0. The van der Waals surface area contributed by atoms with Crippen LogP contribution < -0.4 is 11.3 Å². The van der Waals surface area contributed by atoms with E-state index in [9.17, 15) is 4.79 Å². The number of aromatic amines is 1. The third kappa shape index (κ3) is 3.52. The minimum atomic E-state index is -0.452. The van der Waals surface area contributed by atoms with Crippen molar-refractivity contribution in [2.75, 3.05) is 0 Å². The molecule has 10 heteroatoms. The Labute approximate surface area is 146 Å². The number of thiazole rings is 1. The van der Waals surface area contributed by atoms with E-state index < -0.39 is 5.56 Å². The normalized spacial score (nSPS) is 10.6. The van der Waals surface area contributed by atoms with Gasteiger partial charge in [-0.1, -0.05) is 30.3 Å². The van der Waals surface area contributed by atoms with Gasteiger partial charge in [-0.15, -0.1) is 34.0 Å². The van der Waals surface area contributed by atoms with E-state index in [0.29, 0.717) is 10.8 Å². The molecule has 2 heterocycles. The third-order valence-electron chi connectivity index (χ3n) is 2.80. The average Bonchev–Trinajstić information content (AvgIpc) is 3.14. The maximum absolute atomic E-state index is 12.4. The lowest BCUT2D eigenvalue weighted by Gasteiger charge is -1.98. The number of nitrogens with zero attached hydrogens (tertiary/aromatic N) is 4. The van der Waals surface area contributed by atoms with Gasteiger partial charge in [-0.3, -0.25) is 9.89 Å². The molecule has 1 aromatic carbocycles. The first kappa shape index (κ1) is 17.0. The van der Waals surface area contributed by atoms with Gasteiger partial charge in [0, 0.05) is 17.1 Å². The van der Waals surface area contributed by atoms with Crippen LogP contribution in [0.2, 0.25) is 0 Å². The zero-order valence-corrected chi connectivity index (χ0v) is 14.0.